The Labute approximate surface area is 144 Å². The van der Waals surface area contributed by atoms with Gasteiger partial charge in [-0.1, -0.05) is 58.0 Å². The minimum Gasteiger partial charge on any atom is -0.445 e. The summed E-state index contributed by atoms with van der Waals surface area (Å²) < 4.78 is 5.28. The summed E-state index contributed by atoms with van der Waals surface area (Å²) in [5.74, 6) is 0.475. The van der Waals surface area contributed by atoms with Crippen molar-refractivity contribution in [3.05, 3.63) is 35.9 Å². The van der Waals surface area contributed by atoms with Crippen molar-refractivity contribution in [2.24, 2.45) is 11.3 Å². The van der Waals surface area contributed by atoms with Gasteiger partial charge in [0.05, 0.1) is 6.04 Å². The first-order valence-corrected chi connectivity index (χ1v) is 8.52. The minimum absolute atomic E-state index is 0.0664. The van der Waals surface area contributed by atoms with Crippen LogP contribution in [0.1, 0.15) is 39.7 Å². The maximum absolute atomic E-state index is 12.5. The minimum atomic E-state index is -0.430. The Hall–Kier alpha value is -2.04. The second kappa shape index (κ2) is 7.69. The predicted octanol–water partition coefficient (Wildman–Crippen LogP) is 3.20. The third-order valence-corrected chi connectivity index (χ3v) is 4.12. The molecule has 1 aromatic rings. The zero-order valence-corrected chi connectivity index (χ0v) is 15.0. The van der Waals surface area contributed by atoms with Crippen molar-refractivity contribution in [2.45, 2.75) is 46.8 Å². The molecule has 2 amide bonds. The first-order valence-electron chi connectivity index (χ1n) is 8.52. The SMILES string of the molecule is CC1CC(NC(=O)OCc2ccccc2)CN(C(=O)C(C)(C)C)C1. The molecule has 1 heterocycles. The highest BCUT2D eigenvalue weighted by molar-refractivity contribution is 5.81. The van der Waals surface area contributed by atoms with E-state index < -0.39 is 11.5 Å². The van der Waals surface area contributed by atoms with Gasteiger partial charge >= 0.3 is 6.09 Å². The van der Waals surface area contributed by atoms with E-state index in [0.29, 0.717) is 12.5 Å². The number of amides is 2. The van der Waals surface area contributed by atoms with Crippen molar-refractivity contribution in [3.8, 4) is 0 Å². The summed E-state index contributed by atoms with van der Waals surface area (Å²) in [4.78, 5) is 26.4. The van der Waals surface area contributed by atoms with Crippen molar-refractivity contribution >= 4 is 12.0 Å². The molecule has 1 saturated heterocycles. The summed E-state index contributed by atoms with van der Waals surface area (Å²) >= 11 is 0. The normalized spacial score (nSPS) is 21.2. The Morgan fingerprint density at radius 3 is 2.50 bits per heavy atom. The van der Waals surface area contributed by atoms with Gasteiger partial charge in [-0.2, -0.15) is 0 Å². The highest BCUT2D eigenvalue weighted by atomic mass is 16.5. The second-order valence-electron chi connectivity index (χ2n) is 7.70. The van der Waals surface area contributed by atoms with Crippen LogP contribution in [-0.4, -0.2) is 36.0 Å². The van der Waals surface area contributed by atoms with E-state index in [2.05, 4.69) is 12.2 Å². The monoisotopic (exact) mass is 332 g/mol. The summed E-state index contributed by atoms with van der Waals surface area (Å²) in [7, 11) is 0. The van der Waals surface area contributed by atoms with Gasteiger partial charge in [0.1, 0.15) is 6.61 Å². The fourth-order valence-electron chi connectivity index (χ4n) is 3.03. The lowest BCUT2D eigenvalue weighted by Gasteiger charge is -2.39. The molecule has 5 nitrogen and oxygen atoms in total. The highest BCUT2D eigenvalue weighted by Crippen LogP contribution is 2.23. The lowest BCUT2D eigenvalue weighted by molar-refractivity contribution is -0.141. The third kappa shape index (κ3) is 5.25. The number of benzene rings is 1. The first kappa shape index (κ1) is 18.3. The van der Waals surface area contributed by atoms with E-state index in [1.807, 2.05) is 56.0 Å². The van der Waals surface area contributed by atoms with Gasteiger partial charge in [0, 0.05) is 18.5 Å². The van der Waals surface area contributed by atoms with Crippen LogP contribution in [0.25, 0.3) is 0 Å². The molecule has 1 aromatic carbocycles. The number of hydrogen-bond acceptors (Lipinski definition) is 3. The predicted molar refractivity (Wildman–Crippen MR) is 93.4 cm³/mol. The van der Waals surface area contributed by atoms with Gasteiger partial charge in [-0.15, -0.1) is 0 Å². The summed E-state index contributed by atoms with van der Waals surface area (Å²) in [5.41, 5.74) is 0.546. The van der Waals surface area contributed by atoms with Crippen LogP contribution in [0.2, 0.25) is 0 Å². The van der Waals surface area contributed by atoms with Crippen LogP contribution >= 0.6 is 0 Å². The largest absolute Gasteiger partial charge is 0.445 e. The lowest BCUT2D eigenvalue weighted by atomic mass is 9.90. The lowest BCUT2D eigenvalue weighted by Crippen LogP contribution is -2.54. The van der Waals surface area contributed by atoms with E-state index >= 15 is 0 Å². The van der Waals surface area contributed by atoms with Crippen LogP contribution in [0.15, 0.2) is 30.3 Å². The summed E-state index contributed by atoms with van der Waals surface area (Å²) in [6, 6.07) is 9.51. The van der Waals surface area contributed by atoms with Crippen molar-refractivity contribution in [1.82, 2.24) is 10.2 Å². The second-order valence-corrected chi connectivity index (χ2v) is 7.70. The van der Waals surface area contributed by atoms with Gasteiger partial charge in [-0.25, -0.2) is 4.79 Å². The molecule has 0 aromatic heterocycles. The van der Waals surface area contributed by atoms with Crippen LogP contribution in [0.4, 0.5) is 4.79 Å². The molecule has 0 bridgehead atoms. The average molecular weight is 332 g/mol. The molecule has 1 N–H and O–H groups in total. The number of piperidine rings is 1. The molecule has 2 atom stereocenters. The summed E-state index contributed by atoms with van der Waals surface area (Å²) in [5, 5.41) is 2.90. The molecule has 0 aliphatic carbocycles. The van der Waals surface area contributed by atoms with Crippen LogP contribution < -0.4 is 5.32 Å². The fraction of sp³-hybridized carbons (Fsp3) is 0.579. The van der Waals surface area contributed by atoms with Crippen molar-refractivity contribution < 1.29 is 14.3 Å². The standard InChI is InChI=1S/C19H28N2O3/c1-14-10-16(12-21(11-14)17(22)19(2,3)4)20-18(23)24-13-15-8-6-5-7-9-15/h5-9,14,16H,10-13H2,1-4H3,(H,20,23). The number of carbonyl (C=O) groups excluding carboxylic acids is 2. The molecule has 5 heteroatoms. The Bertz CT molecular complexity index is 566. The van der Waals surface area contributed by atoms with Crippen LogP contribution in [-0.2, 0) is 16.1 Å². The van der Waals surface area contributed by atoms with E-state index in [9.17, 15) is 9.59 Å². The molecule has 1 aliphatic rings. The molecule has 0 radical (unpaired) electrons. The van der Waals surface area contributed by atoms with Gasteiger partial charge in [0.25, 0.3) is 0 Å². The number of carbonyl (C=O) groups is 2. The van der Waals surface area contributed by atoms with Crippen molar-refractivity contribution in [1.29, 1.82) is 0 Å². The van der Waals surface area contributed by atoms with E-state index in [1.165, 1.54) is 0 Å². The first-order chi connectivity index (χ1) is 11.3. The molecule has 2 rings (SSSR count). The van der Waals surface area contributed by atoms with Gasteiger partial charge in [0.2, 0.25) is 5.91 Å². The Kier molecular flexibility index (Phi) is 5.86. The maximum atomic E-state index is 12.5. The quantitative estimate of drug-likeness (QED) is 0.925. The van der Waals surface area contributed by atoms with Gasteiger partial charge in [0.15, 0.2) is 0 Å². The van der Waals surface area contributed by atoms with Crippen LogP contribution in [0.5, 0.6) is 0 Å². The Morgan fingerprint density at radius 1 is 1.21 bits per heavy atom. The molecule has 1 fully saturated rings. The molecule has 24 heavy (non-hydrogen) atoms. The summed E-state index contributed by atoms with van der Waals surface area (Å²) in [6.07, 6.45) is 0.426. The zero-order valence-electron chi connectivity index (χ0n) is 15.0. The molecule has 0 saturated carbocycles. The number of hydrogen-bond donors (Lipinski definition) is 1. The van der Waals surface area contributed by atoms with Crippen molar-refractivity contribution in [2.75, 3.05) is 13.1 Å². The van der Waals surface area contributed by atoms with E-state index in [-0.39, 0.29) is 18.6 Å². The van der Waals surface area contributed by atoms with E-state index in [4.69, 9.17) is 4.74 Å². The zero-order chi connectivity index (χ0) is 17.7. The van der Waals surface area contributed by atoms with Crippen LogP contribution in [0.3, 0.4) is 0 Å². The smallest absolute Gasteiger partial charge is 0.407 e. The molecular weight excluding hydrogens is 304 g/mol. The number of ether oxygens (including phenoxy) is 1. The van der Waals surface area contributed by atoms with Gasteiger partial charge < -0.3 is 15.0 Å². The Morgan fingerprint density at radius 2 is 1.88 bits per heavy atom. The number of likely N-dealkylation sites (tertiary alicyclic amines) is 1. The Balaban J connectivity index is 1.86. The van der Waals surface area contributed by atoms with Crippen molar-refractivity contribution in [3.63, 3.8) is 0 Å². The van der Waals surface area contributed by atoms with Gasteiger partial charge in [-0.3, -0.25) is 4.79 Å². The summed E-state index contributed by atoms with van der Waals surface area (Å²) in [6.45, 7) is 9.40. The van der Waals surface area contributed by atoms with E-state index in [0.717, 1.165) is 18.5 Å². The van der Waals surface area contributed by atoms with Crippen LogP contribution in [0, 0.1) is 11.3 Å². The van der Waals surface area contributed by atoms with E-state index in [1.54, 1.807) is 0 Å². The maximum Gasteiger partial charge on any atom is 0.407 e. The highest BCUT2D eigenvalue weighted by Gasteiger charge is 2.34. The topological polar surface area (TPSA) is 58.6 Å². The molecular formula is C19H28N2O3. The molecule has 0 spiro atoms. The third-order valence-electron chi connectivity index (χ3n) is 4.12. The number of alkyl carbamates (subject to hydrolysis) is 1. The molecule has 2 unspecified atom stereocenters. The average Bonchev–Trinajstić information content (AvgIpc) is 2.51. The fourth-order valence-corrected chi connectivity index (χ4v) is 3.03. The molecule has 132 valence electrons. The number of nitrogens with zero attached hydrogens (tertiary/aromatic N) is 1. The number of nitrogens with one attached hydrogen (secondary N) is 1. The van der Waals surface area contributed by atoms with Gasteiger partial charge in [-0.05, 0) is 17.9 Å². The number of rotatable bonds is 3. The molecule has 1 aliphatic heterocycles.